The lowest BCUT2D eigenvalue weighted by Crippen LogP contribution is -2.37. The van der Waals surface area contributed by atoms with E-state index in [0.29, 0.717) is 19.8 Å². The standard InChI is InChI=1S/C13H25N5O2/c1-14-13(15-5-4-6-20-8-7-19-3)16-9-12-10-17-18(2)11-12/h10-11H,4-9H2,1-3H3,(H2,14,15,16). The van der Waals surface area contributed by atoms with Crippen molar-refractivity contribution in [3.8, 4) is 0 Å². The second-order valence-corrected chi connectivity index (χ2v) is 4.33. The van der Waals surface area contributed by atoms with Crippen LogP contribution >= 0.6 is 0 Å². The average Bonchev–Trinajstić information content (AvgIpc) is 2.87. The maximum absolute atomic E-state index is 5.39. The van der Waals surface area contributed by atoms with E-state index in [1.165, 1.54) is 0 Å². The lowest BCUT2D eigenvalue weighted by molar-refractivity contribution is 0.0698. The first-order valence-corrected chi connectivity index (χ1v) is 6.75. The van der Waals surface area contributed by atoms with E-state index in [1.807, 2.05) is 19.4 Å². The maximum atomic E-state index is 5.39. The molecule has 0 aliphatic heterocycles. The summed E-state index contributed by atoms with van der Waals surface area (Å²) in [5.74, 6) is 0.783. The van der Waals surface area contributed by atoms with Crippen molar-refractivity contribution >= 4 is 5.96 Å². The van der Waals surface area contributed by atoms with Crippen molar-refractivity contribution < 1.29 is 9.47 Å². The molecule has 2 N–H and O–H groups in total. The maximum Gasteiger partial charge on any atom is 0.191 e. The van der Waals surface area contributed by atoms with Gasteiger partial charge in [0, 0.05) is 52.7 Å². The summed E-state index contributed by atoms with van der Waals surface area (Å²) in [6.07, 6.45) is 4.74. The van der Waals surface area contributed by atoms with Gasteiger partial charge in [0.15, 0.2) is 5.96 Å². The molecule has 0 aliphatic carbocycles. The van der Waals surface area contributed by atoms with Crippen LogP contribution in [0.3, 0.4) is 0 Å². The van der Waals surface area contributed by atoms with Gasteiger partial charge in [0.1, 0.15) is 0 Å². The molecule has 0 fully saturated rings. The number of guanidine groups is 1. The molecule has 0 unspecified atom stereocenters. The number of methoxy groups -OCH3 is 1. The van der Waals surface area contributed by atoms with Crippen molar-refractivity contribution in [1.29, 1.82) is 0 Å². The molecule has 7 nitrogen and oxygen atoms in total. The molecule has 0 atom stereocenters. The van der Waals surface area contributed by atoms with Gasteiger partial charge in [-0.1, -0.05) is 0 Å². The van der Waals surface area contributed by atoms with Crippen molar-refractivity contribution in [1.82, 2.24) is 20.4 Å². The quantitative estimate of drug-likeness (QED) is 0.383. The van der Waals surface area contributed by atoms with Gasteiger partial charge in [-0.2, -0.15) is 5.10 Å². The van der Waals surface area contributed by atoms with E-state index in [1.54, 1.807) is 18.8 Å². The first kappa shape index (κ1) is 16.5. The van der Waals surface area contributed by atoms with E-state index >= 15 is 0 Å². The van der Waals surface area contributed by atoms with Gasteiger partial charge in [0.05, 0.1) is 19.4 Å². The fraction of sp³-hybridized carbons (Fsp3) is 0.692. The molecule has 0 amide bonds. The first-order chi connectivity index (χ1) is 9.76. The summed E-state index contributed by atoms with van der Waals surface area (Å²) in [6, 6.07) is 0. The Kier molecular flexibility index (Phi) is 8.41. The average molecular weight is 283 g/mol. The van der Waals surface area contributed by atoms with Crippen LogP contribution in [0, 0.1) is 0 Å². The van der Waals surface area contributed by atoms with Crippen LogP contribution in [-0.2, 0) is 23.1 Å². The molecule has 1 rings (SSSR count). The molecule has 114 valence electrons. The van der Waals surface area contributed by atoms with Crippen LogP contribution in [0.1, 0.15) is 12.0 Å². The Labute approximate surface area is 120 Å². The highest BCUT2D eigenvalue weighted by atomic mass is 16.5. The number of rotatable bonds is 9. The van der Waals surface area contributed by atoms with Gasteiger partial charge >= 0.3 is 0 Å². The second kappa shape index (κ2) is 10.2. The number of ether oxygens (including phenoxy) is 2. The highest BCUT2D eigenvalue weighted by molar-refractivity contribution is 5.79. The SMILES string of the molecule is CN=C(NCCCOCCOC)NCc1cnn(C)c1. The van der Waals surface area contributed by atoms with Gasteiger partial charge in [-0.25, -0.2) is 0 Å². The van der Waals surface area contributed by atoms with Crippen molar-refractivity contribution in [2.45, 2.75) is 13.0 Å². The van der Waals surface area contributed by atoms with Crippen LogP contribution in [0.15, 0.2) is 17.4 Å². The molecular formula is C13H25N5O2. The molecule has 0 radical (unpaired) electrons. The Hall–Kier alpha value is -1.60. The number of hydrogen-bond acceptors (Lipinski definition) is 4. The molecule has 7 heteroatoms. The Morgan fingerprint density at radius 1 is 1.35 bits per heavy atom. The van der Waals surface area contributed by atoms with Crippen LogP contribution in [0.5, 0.6) is 0 Å². The zero-order valence-corrected chi connectivity index (χ0v) is 12.6. The zero-order valence-electron chi connectivity index (χ0n) is 12.6. The van der Waals surface area contributed by atoms with Crippen LogP contribution < -0.4 is 10.6 Å². The number of nitrogens with zero attached hydrogens (tertiary/aromatic N) is 3. The van der Waals surface area contributed by atoms with Gasteiger partial charge in [0.25, 0.3) is 0 Å². The summed E-state index contributed by atoms with van der Waals surface area (Å²) in [7, 11) is 5.33. The minimum absolute atomic E-state index is 0.641. The largest absolute Gasteiger partial charge is 0.382 e. The lowest BCUT2D eigenvalue weighted by Gasteiger charge is -2.11. The molecule has 20 heavy (non-hydrogen) atoms. The smallest absolute Gasteiger partial charge is 0.191 e. The second-order valence-electron chi connectivity index (χ2n) is 4.33. The number of aryl methyl sites for hydroxylation is 1. The fourth-order valence-electron chi connectivity index (χ4n) is 1.59. The number of aliphatic imine (C=N–C) groups is 1. The lowest BCUT2D eigenvalue weighted by atomic mass is 10.3. The van der Waals surface area contributed by atoms with Crippen molar-refractivity contribution in [3.63, 3.8) is 0 Å². The predicted molar refractivity (Wildman–Crippen MR) is 78.7 cm³/mol. The molecule has 0 bridgehead atoms. The number of hydrogen-bond donors (Lipinski definition) is 2. The third kappa shape index (κ3) is 7.10. The van der Waals surface area contributed by atoms with E-state index in [9.17, 15) is 0 Å². The molecule has 1 aromatic heterocycles. The first-order valence-electron chi connectivity index (χ1n) is 6.75. The van der Waals surface area contributed by atoms with Gasteiger partial charge in [-0.15, -0.1) is 0 Å². The Morgan fingerprint density at radius 2 is 2.20 bits per heavy atom. The Morgan fingerprint density at radius 3 is 2.85 bits per heavy atom. The minimum Gasteiger partial charge on any atom is -0.382 e. The summed E-state index contributed by atoms with van der Waals surface area (Å²) in [4.78, 5) is 4.16. The zero-order chi connectivity index (χ0) is 14.6. The summed E-state index contributed by atoms with van der Waals surface area (Å²) >= 11 is 0. The molecule has 0 saturated carbocycles. The van der Waals surface area contributed by atoms with Gasteiger partial charge in [-0.05, 0) is 6.42 Å². The summed E-state index contributed by atoms with van der Waals surface area (Å²) in [6.45, 7) is 3.53. The Bertz CT molecular complexity index is 392. The molecule has 0 spiro atoms. The summed E-state index contributed by atoms with van der Waals surface area (Å²) in [5.41, 5.74) is 1.12. The normalized spacial score (nSPS) is 11.7. The van der Waals surface area contributed by atoms with Gasteiger partial charge < -0.3 is 20.1 Å². The Balaban J connectivity index is 2.08. The van der Waals surface area contributed by atoms with Crippen LogP contribution in [0.4, 0.5) is 0 Å². The molecule has 1 heterocycles. The highest BCUT2D eigenvalue weighted by Crippen LogP contribution is 1.94. The van der Waals surface area contributed by atoms with E-state index < -0.39 is 0 Å². The van der Waals surface area contributed by atoms with Crippen LogP contribution in [0.25, 0.3) is 0 Å². The molecule has 1 aromatic rings. The number of aromatic nitrogens is 2. The molecule has 0 saturated heterocycles. The molecule has 0 aromatic carbocycles. The van der Waals surface area contributed by atoms with Gasteiger partial charge in [0.2, 0.25) is 0 Å². The van der Waals surface area contributed by atoms with Crippen molar-refractivity contribution in [3.05, 3.63) is 18.0 Å². The summed E-state index contributed by atoms with van der Waals surface area (Å²) in [5, 5.41) is 10.6. The van der Waals surface area contributed by atoms with E-state index in [2.05, 4.69) is 20.7 Å². The third-order valence-corrected chi connectivity index (χ3v) is 2.63. The fourth-order valence-corrected chi connectivity index (χ4v) is 1.59. The third-order valence-electron chi connectivity index (χ3n) is 2.63. The van der Waals surface area contributed by atoms with E-state index in [0.717, 1.165) is 31.1 Å². The number of nitrogens with one attached hydrogen (secondary N) is 2. The van der Waals surface area contributed by atoms with Crippen molar-refractivity contribution in [2.24, 2.45) is 12.0 Å². The molecule has 0 aliphatic rings. The summed E-state index contributed by atoms with van der Waals surface area (Å²) < 4.78 is 12.1. The van der Waals surface area contributed by atoms with Crippen molar-refractivity contribution in [2.75, 3.05) is 40.5 Å². The highest BCUT2D eigenvalue weighted by Gasteiger charge is 1.99. The monoisotopic (exact) mass is 283 g/mol. The molecular weight excluding hydrogens is 258 g/mol. The predicted octanol–water partition coefficient (Wildman–Crippen LogP) is 0.138. The van der Waals surface area contributed by atoms with Crippen LogP contribution in [-0.4, -0.2) is 56.3 Å². The van der Waals surface area contributed by atoms with E-state index in [-0.39, 0.29) is 0 Å². The minimum atomic E-state index is 0.641. The van der Waals surface area contributed by atoms with Gasteiger partial charge in [-0.3, -0.25) is 9.67 Å². The van der Waals surface area contributed by atoms with E-state index in [4.69, 9.17) is 9.47 Å². The topological polar surface area (TPSA) is 72.7 Å². The van der Waals surface area contributed by atoms with Crippen LogP contribution in [0.2, 0.25) is 0 Å².